The fourth-order valence-electron chi connectivity index (χ4n) is 2.28. The van der Waals surface area contributed by atoms with E-state index < -0.39 is 0 Å². The molecule has 0 amide bonds. The maximum atomic E-state index is 11.4. The Morgan fingerprint density at radius 2 is 2.43 bits per heavy atom. The number of carbonyl (C=O) groups excluding carboxylic acids is 1. The molecule has 1 aliphatic carbocycles. The molecule has 2 aliphatic rings. The van der Waals surface area contributed by atoms with Gasteiger partial charge < -0.3 is 14.8 Å². The van der Waals surface area contributed by atoms with Gasteiger partial charge in [-0.2, -0.15) is 0 Å². The first kappa shape index (κ1) is 9.93. The Balaban J connectivity index is 1.79. The average molecular weight is 199 g/mol. The first-order chi connectivity index (χ1) is 6.76. The van der Waals surface area contributed by atoms with Crippen LogP contribution in [0.25, 0.3) is 0 Å². The summed E-state index contributed by atoms with van der Waals surface area (Å²) in [5.41, 5.74) is 0.0790. The molecule has 1 saturated carbocycles. The van der Waals surface area contributed by atoms with Gasteiger partial charge in [0, 0.05) is 12.1 Å². The predicted molar refractivity (Wildman–Crippen MR) is 50.9 cm³/mol. The number of esters is 1. The van der Waals surface area contributed by atoms with Crippen LogP contribution in [0.1, 0.15) is 19.8 Å². The lowest BCUT2D eigenvalue weighted by Gasteiger charge is -2.49. The molecule has 80 valence electrons. The first-order valence-electron chi connectivity index (χ1n) is 5.25. The molecule has 0 aromatic carbocycles. The van der Waals surface area contributed by atoms with Gasteiger partial charge in [0.15, 0.2) is 0 Å². The van der Waals surface area contributed by atoms with Crippen LogP contribution in [0.3, 0.4) is 0 Å². The van der Waals surface area contributed by atoms with Crippen LogP contribution in [-0.2, 0) is 14.3 Å². The standard InChI is InChI=1S/C10H17NO3/c1-2-14-9(12)8-5-10(6-8)7-13-4-3-11-10/h8,11H,2-7H2,1H3. The van der Waals surface area contributed by atoms with E-state index in [4.69, 9.17) is 9.47 Å². The van der Waals surface area contributed by atoms with Crippen molar-refractivity contribution in [3.63, 3.8) is 0 Å². The van der Waals surface area contributed by atoms with E-state index in [0.717, 1.165) is 32.6 Å². The lowest BCUT2D eigenvalue weighted by molar-refractivity contribution is -0.157. The van der Waals surface area contributed by atoms with Gasteiger partial charge in [-0.1, -0.05) is 0 Å². The van der Waals surface area contributed by atoms with Gasteiger partial charge in [0.2, 0.25) is 0 Å². The molecule has 1 heterocycles. The van der Waals surface area contributed by atoms with Crippen molar-refractivity contribution in [3.05, 3.63) is 0 Å². The molecular weight excluding hydrogens is 182 g/mol. The van der Waals surface area contributed by atoms with Gasteiger partial charge in [0.05, 0.1) is 25.7 Å². The second kappa shape index (κ2) is 3.87. The highest BCUT2D eigenvalue weighted by Crippen LogP contribution is 2.39. The summed E-state index contributed by atoms with van der Waals surface area (Å²) in [6.07, 6.45) is 1.73. The van der Waals surface area contributed by atoms with Gasteiger partial charge in [0.25, 0.3) is 0 Å². The first-order valence-corrected chi connectivity index (χ1v) is 5.25. The minimum absolute atomic E-state index is 0.0505. The molecule has 1 spiro atoms. The number of nitrogens with one attached hydrogen (secondary N) is 1. The number of carbonyl (C=O) groups is 1. The summed E-state index contributed by atoms with van der Waals surface area (Å²) in [5.74, 6) is 0.0367. The fraction of sp³-hybridized carbons (Fsp3) is 0.900. The van der Waals surface area contributed by atoms with Crippen LogP contribution < -0.4 is 5.32 Å². The van der Waals surface area contributed by atoms with Crippen LogP contribution in [0.15, 0.2) is 0 Å². The van der Waals surface area contributed by atoms with Crippen LogP contribution in [0, 0.1) is 5.92 Å². The largest absolute Gasteiger partial charge is 0.466 e. The molecule has 0 aromatic heterocycles. The SMILES string of the molecule is CCOC(=O)C1CC2(COCCN2)C1. The Kier molecular flexibility index (Phi) is 2.74. The third kappa shape index (κ3) is 1.77. The summed E-state index contributed by atoms with van der Waals surface area (Å²) < 4.78 is 10.4. The Hall–Kier alpha value is -0.610. The zero-order valence-electron chi connectivity index (χ0n) is 8.54. The summed E-state index contributed by atoms with van der Waals surface area (Å²) in [5, 5.41) is 3.43. The molecule has 4 nitrogen and oxygen atoms in total. The molecule has 2 rings (SSSR count). The highest BCUT2D eigenvalue weighted by atomic mass is 16.5. The summed E-state index contributed by atoms with van der Waals surface area (Å²) in [4.78, 5) is 11.4. The highest BCUT2D eigenvalue weighted by Gasteiger charge is 2.48. The van der Waals surface area contributed by atoms with Crippen molar-refractivity contribution >= 4 is 5.97 Å². The zero-order chi connectivity index (χ0) is 10.0. The van der Waals surface area contributed by atoms with E-state index in [2.05, 4.69) is 5.32 Å². The Bertz CT molecular complexity index is 215. The van der Waals surface area contributed by atoms with Crippen LogP contribution in [0.4, 0.5) is 0 Å². The number of ether oxygens (including phenoxy) is 2. The van der Waals surface area contributed by atoms with Gasteiger partial charge >= 0.3 is 5.97 Å². The average Bonchev–Trinajstić information content (AvgIpc) is 2.16. The van der Waals surface area contributed by atoms with Gasteiger partial charge in [-0.15, -0.1) is 0 Å². The Morgan fingerprint density at radius 1 is 1.64 bits per heavy atom. The topological polar surface area (TPSA) is 47.6 Å². The predicted octanol–water partition coefficient (Wildman–Crippen LogP) is 0.318. The van der Waals surface area contributed by atoms with E-state index in [9.17, 15) is 4.79 Å². The van der Waals surface area contributed by atoms with E-state index in [1.807, 2.05) is 6.92 Å². The van der Waals surface area contributed by atoms with E-state index in [1.54, 1.807) is 0 Å². The quantitative estimate of drug-likeness (QED) is 0.651. The molecule has 0 aromatic rings. The Morgan fingerprint density at radius 3 is 3.00 bits per heavy atom. The fourth-order valence-corrected chi connectivity index (χ4v) is 2.28. The van der Waals surface area contributed by atoms with Gasteiger partial charge in [0.1, 0.15) is 0 Å². The summed E-state index contributed by atoms with van der Waals surface area (Å²) in [6.45, 7) is 4.74. The van der Waals surface area contributed by atoms with Crippen molar-refractivity contribution in [3.8, 4) is 0 Å². The molecule has 0 bridgehead atoms. The highest BCUT2D eigenvalue weighted by molar-refractivity contribution is 5.74. The zero-order valence-corrected chi connectivity index (χ0v) is 8.54. The van der Waals surface area contributed by atoms with Gasteiger partial charge in [-0.05, 0) is 19.8 Å². The van der Waals surface area contributed by atoms with E-state index >= 15 is 0 Å². The molecule has 4 heteroatoms. The minimum atomic E-state index is -0.0505. The van der Waals surface area contributed by atoms with Crippen molar-refractivity contribution < 1.29 is 14.3 Å². The monoisotopic (exact) mass is 199 g/mol. The lowest BCUT2D eigenvalue weighted by Crippen LogP contribution is -2.63. The number of hydrogen-bond donors (Lipinski definition) is 1. The number of morpholine rings is 1. The smallest absolute Gasteiger partial charge is 0.309 e. The van der Waals surface area contributed by atoms with Gasteiger partial charge in [-0.25, -0.2) is 0 Å². The minimum Gasteiger partial charge on any atom is -0.466 e. The summed E-state index contributed by atoms with van der Waals surface area (Å²) in [7, 11) is 0. The maximum absolute atomic E-state index is 11.4. The lowest BCUT2D eigenvalue weighted by atomic mass is 9.68. The summed E-state index contributed by atoms with van der Waals surface area (Å²) in [6, 6.07) is 0. The molecule has 0 atom stereocenters. The molecule has 0 unspecified atom stereocenters. The third-order valence-electron chi connectivity index (χ3n) is 3.02. The van der Waals surface area contributed by atoms with Crippen molar-refractivity contribution in [2.45, 2.75) is 25.3 Å². The van der Waals surface area contributed by atoms with E-state index in [0.29, 0.717) is 6.61 Å². The van der Waals surface area contributed by atoms with E-state index in [-0.39, 0.29) is 17.4 Å². The number of rotatable bonds is 2. The van der Waals surface area contributed by atoms with Crippen molar-refractivity contribution in [1.29, 1.82) is 0 Å². The Labute approximate surface area is 84.0 Å². The maximum Gasteiger partial charge on any atom is 0.309 e. The van der Waals surface area contributed by atoms with Crippen molar-refractivity contribution in [2.75, 3.05) is 26.4 Å². The molecule has 1 aliphatic heterocycles. The molecule has 0 radical (unpaired) electrons. The van der Waals surface area contributed by atoms with Crippen LogP contribution in [0.5, 0.6) is 0 Å². The van der Waals surface area contributed by atoms with Crippen LogP contribution >= 0.6 is 0 Å². The second-order valence-electron chi connectivity index (χ2n) is 4.12. The van der Waals surface area contributed by atoms with E-state index in [1.165, 1.54) is 0 Å². The normalized spacial score (nSPS) is 36.5. The van der Waals surface area contributed by atoms with Crippen LogP contribution in [0.2, 0.25) is 0 Å². The van der Waals surface area contributed by atoms with Crippen molar-refractivity contribution in [2.24, 2.45) is 5.92 Å². The number of hydrogen-bond acceptors (Lipinski definition) is 4. The molecular formula is C10H17NO3. The molecule has 1 N–H and O–H groups in total. The molecule has 1 saturated heterocycles. The van der Waals surface area contributed by atoms with Gasteiger partial charge in [-0.3, -0.25) is 4.79 Å². The summed E-state index contributed by atoms with van der Waals surface area (Å²) >= 11 is 0. The van der Waals surface area contributed by atoms with Crippen LogP contribution in [-0.4, -0.2) is 37.9 Å². The second-order valence-corrected chi connectivity index (χ2v) is 4.12. The molecule has 14 heavy (non-hydrogen) atoms. The third-order valence-corrected chi connectivity index (χ3v) is 3.02. The van der Waals surface area contributed by atoms with Crippen molar-refractivity contribution in [1.82, 2.24) is 5.32 Å². The molecule has 2 fully saturated rings.